The summed E-state index contributed by atoms with van der Waals surface area (Å²) < 4.78 is 5.53. The standard InChI is InChI=1S/C33H49N3O4/c1-10-11-15-20-36(28(29(37)35-32(4,5)6)26-21-23(2)18-19-24(26)3)30(38)27(22-25-16-13-12-14-17-25)34-31(39)40-33(7,8)9/h12-14,16-19,21,27-28H,10-11,15,20,22H2,1-9H3,(H,34,39)(H,35,37). The van der Waals surface area contributed by atoms with Gasteiger partial charge in [-0.15, -0.1) is 0 Å². The maximum atomic E-state index is 14.5. The Labute approximate surface area is 241 Å². The van der Waals surface area contributed by atoms with E-state index in [2.05, 4.69) is 17.6 Å². The fraction of sp³-hybridized carbons (Fsp3) is 0.545. The molecule has 220 valence electrons. The Morgan fingerprint density at radius 1 is 0.925 bits per heavy atom. The van der Waals surface area contributed by atoms with Crippen molar-refractivity contribution >= 4 is 17.9 Å². The van der Waals surface area contributed by atoms with Gasteiger partial charge in [0.15, 0.2) is 0 Å². The quantitative estimate of drug-likeness (QED) is 0.316. The van der Waals surface area contributed by atoms with E-state index in [1.54, 1.807) is 25.7 Å². The number of carbonyl (C=O) groups is 3. The summed E-state index contributed by atoms with van der Waals surface area (Å²) >= 11 is 0. The maximum absolute atomic E-state index is 14.5. The van der Waals surface area contributed by atoms with E-state index in [9.17, 15) is 14.4 Å². The van der Waals surface area contributed by atoms with Crippen molar-refractivity contribution in [1.29, 1.82) is 0 Å². The minimum atomic E-state index is -0.922. The average Bonchev–Trinajstić information content (AvgIpc) is 2.83. The molecule has 0 spiro atoms. The molecule has 2 unspecified atom stereocenters. The van der Waals surface area contributed by atoms with E-state index in [-0.39, 0.29) is 18.2 Å². The number of ether oxygens (including phenoxy) is 1. The molecule has 40 heavy (non-hydrogen) atoms. The molecule has 3 amide bonds. The summed E-state index contributed by atoms with van der Waals surface area (Å²) in [5.74, 6) is -0.567. The van der Waals surface area contributed by atoms with Gasteiger partial charge in [-0.05, 0) is 78.5 Å². The number of nitrogens with zero attached hydrogens (tertiary/aromatic N) is 1. The molecule has 2 aromatic carbocycles. The van der Waals surface area contributed by atoms with E-state index in [0.717, 1.165) is 41.5 Å². The molecule has 7 heteroatoms. The lowest BCUT2D eigenvalue weighted by molar-refractivity contribution is -0.143. The highest BCUT2D eigenvalue weighted by Crippen LogP contribution is 2.28. The molecule has 0 saturated carbocycles. The minimum Gasteiger partial charge on any atom is -0.444 e. The topological polar surface area (TPSA) is 87.7 Å². The predicted molar refractivity (Wildman–Crippen MR) is 161 cm³/mol. The Balaban J connectivity index is 2.62. The lowest BCUT2D eigenvalue weighted by atomic mass is 9.94. The van der Waals surface area contributed by atoms with Crippen LogP contribution < -0.4 is 10.6 Å². The smallest absolute Gasteiger partial charge is 0.408 e. The number of aryl methyl sites for hydroxylation is 2. The zero-order chi connectivity index (χ0) is 30.1. The molecule has 2 rings (SSSR count). The van der Waals surface area contributed by atoms with Crippen LogP contribution in [0.15, 0.2) is 48.5 Å². The summed E-state index contributed by atoms with van der Waals surface area (Å²) in [4.78, 5) is 43.1. The molecule has 0 saturated heterocycles. The van der Waals surface area contributed by atoms with Crippen molar-refractivity contribution in [3.05, 3.63) is 70.8 Å². The van der Waals surface area contributed by atoms with Crippen LogP contribution in [0.4, 0.5) is 4.79 Å². The lowest BCUT2D eigenvalue weighted by Crippen LogP contribution is -2.55. The van der Waals surface area contributed by atoms with E-state index in [0.29, 0.717) is 6.54 Å². The normalized spacial score (nSPS) is 13.2. The largest absolute Gasteiger partial charge is 0.444 e. The zero-order valence-corrected chi connectivity index (χ0v) is 25.9. The van der Waals surface area contributed by atoms with Gasteiger partial charge >= 0.3 is 6.09 Å². The van der Waals surface area contributed by atoms with Crippen molar-refractivity contribution in [3.63, 3.8) is 0 Å². The van der Waals surface area contributed by atoms with E-state index in [1.165, 1.54) is 0 Å². The van der Waals surface area contributed by atoms with Gasteiger partial charge in [-0.25, -0.2) is 4.79 Å². The number of benzene rings is 2. The Morgan fingerprint density at radius 2 is 1.57 bits per heavy atom. The molecule has 2 aromatic rings. The molecule has 0 heterocycles. The van der Waals surface area contributed by atoms with Crippen LogP contribution in [0, 0.1) is 13.8 Å². The van der Waals surface area contributed by atoms with Crippen LogP contribution in [0.5, 0.6) is 0 Å². The van der Waals surface area contributed by atoms with E-state index < -0.39 is 29.3 Å². The number of amides is 3. The van der Waals surface area contributed by atoms with Crippen LogP contribution in [-0.4, -0.2) is 46.5 Å². The molecule has 0 bridgehead atoms. The first kappa shape index (κ1) is 32.9. The molecule has 2 atom stereocenters. The Kier molecular flexibility index (Phi) is 11.8. The third-order valence-corrected chi connectivity index (χ3v) is 6.34. The molecule has 7 nitrogen and oxygen atoms in total. The highest BCUT2D eigenvalue weighted by atomic mass is 16.6. The molecule has 0 aromatic heterocycles. The fourth-order valence-corrected chi connectivity index (χ4v) is 4.54. The van der Waals surface area contributed by atoms with Gasteiger partial charge in [0.05, 0.1) is 0 Å². The van der Waals surface area contributed by atoms with Gasteiger partial charge in [0.2, 0.25) is 11.8 Å². The summed E-state index contributed by atoms with van der Waals surface area (Å²) in [7, 11) is 0. The van der Waals surface area contributed by atoms with Crippen LogP contribution in [0.2, 0.25) is 0 Å². The second-order valence-electron chi connectivity index (χ2n) is 12.6. The van der Waals surface area contributed by atoms with Crippen LogP contribution >= 0.6 is 0 Å². The molecule has 2 N–H and O–H groups in total. The second kappa shape index (κ2) is 14.3. The first-order valence-corrected chi connectivity index (χ1v) is 14.3. The maximum Gasteiger partial charge on any atom is 0.408 e. The highest BCUT2D eigenvalue weighted by molar-refractivity contribution is 5.92. The van der Waals surface area contributed by atoms with Crippen molar-refractivity contribution in [3.8, 4) is 0 Å². The van der Waals surface area contributed by atoms with Crippen LogP contribution in [0.3, 0.4) is 0 Å². The molecule has 0 radical (unpaired) electrons. The van der Waals surface area contributed by atoms with Crippen LogP contribution in [0.25, 0.3) is 0 Å². The van der Waals surface area contributed by atoms with Gasteiger partial charge < -0.3 is 20.3 Å². The van der Waals surface area contributed by atoms with E-state index in [4.69, 9.17) is 4.74 Å². The van der Waals surface area contributed by atoms with Crippen LogP contribution in [-0.2, 0) is 20.7 Å². The fourth-order valence-electron chi connectivity index (χ4n) is 4.54. The summed E-state index contributed by atoms with van der Waals surface area (Å²) in [5, 5.41) is 5.93. The summed E-state index contributed by atoms with van der Waals surface area (Å²) in [6, 6.07) is 13.7. The lowest BCUT2D eigenvalue weighted by Gasteiger charge is -2.37. The molecule has 0 aliphatic rings. The Hall–Kier alpha value is -3.35. The van der Waals surface area contributed by atoms with Crippen LogP contribution in [0.1, 0.15) is 96.0 Å². The van der Waals surface area contributed by atoms with Crippen molar-refractivity contribution in [1.82, 2.24) is 15.5 Å². The van der Waals surface area contributed by atoms with Gasteiger partial charge in [-0.1, -0.05) is 73.9 Å². The van der Waals surface area contributed by atoms with Crippen molar-refractivity contribution < 1.29 is 19.1 Å². The van der Waals surface area contributed by atoms with Gasteiger partial charge in [0.25, 0.3) is 0 Å². The molecular formula is C33H49N3O4. The summed E-state index contributed by atoms with van der Waals surface area (Å²) in [6.07, 6.45) is 2.21. The van der Waals surface area contributed by atoms with Crippen molar-refractivity contribution in [2.45, 2.75) is 111 Å². The third kappa shape index (κ3) is 10.7. The number of carbonyl (C=O) groups excluding carboxylic acids is 3. The van der Waals surface area contributed by atoms with E-state index >= 15 is 0 Å². The highest BCUT2D eigenvalue weighted by Gasteiger charge is 2.37. The van der Waals surface area contributed by atoms with Crippen molar-refractivity contribution in [2.24, 2.45) is 0 Å². The SMILES string of the molecule is CCCCCN(C(=O)C(Cc1ccccc1)NC(=O)OC(C)(C)C)C(C(=O)NC(C)(C)C)c1cc(C)ccc1C. The molecule has 0 aliphatic heterocycles. The van der Waals surface area contributed by atoms with Gasteiger partial charge in [0, 0.05) is 18.5 Å². The predicted octanol–water partition coefficient (Wildman–Crippen LogP) is 6.41. The number of rotatable bonds is 11. The van der Waals surface area contributed by atoms with Gasteiger partial charge in [0.1, 0.15) is 17.7 Å². The molecular weight excluding hydrogens is 502 g/mol. The monoisotopic (exact) mass is 551 g/mol. The average molecular weight is 552 g/mol. The van der Waals surface area contributed by atoms with E-state index in [1.807, 2.05) is 83.1 Å². The Bertz CT molecular complexity index is 1130. The summed E-state index contributed by atoms with van der Waals surface area (Å²) in [6.45, 7) is 17.5. The van der Waals surface area contributed by atoms with Gasteiger partial charge in [-0.2, -0.15) is 0 Å². The third-order valence-electron chi connectivity index (χ3n) is 6.34. The van der Waals surface area contributed by atoms with Crippen molar-refractivity contribution in [2.75, 3.05) is 6.54 Å². The summed E-state index contributed by atoms with van der Waals surface area (Å²) in [5.41, 5.74) is 2.38. The first-order valence-electron chi connectivity index (χ1n) is 14.3. The Morgan fingerprint density at radius 3 is 2.15 bits per heavy atom. The number of alkyl carbamates (subject to hydrolysis) is 1. The minimum absolute atomic E-state index is 0.248. The zero-order valence-electron chi connectivity index (χ0n) is 25.9. The molecule has 0 fully saturated rings. The number of hydrogen-bond acceptors (Lipinski definition) is 4. The first-order chi connectivity index (χ1) is 18.6. The van der Waals surface area contributed by atoms with Gasteiger partial charge in [-0.3, -0.25) is 9.59 Å². The number of unbranched alkanes of at least 4 members (excludes halogenated alkanes) is 2. The number of nitrogens with one attached hydrogen (secondary N) is 2. The second-order valence-corrected chi connectivity index (χ2v) is 12.6. The molecule has 0 aliphatic carbocycles. The number of hydrogen-bond donors (Lipinski definition) is 2.